The van der Waals surface area contributed by atoms with Crippen molar-refractivity contribution in [3.8, 4) is 0 Å². The third-order valence-electron chi connectivity index (χ3n) is 4.82. The van der Waals surface area contributed by atoms with Crippen LogP contribution < -0.4 is 10.6 Å². The molecule has 6 nitrogen and oxygen atoms in total. The van der Waals surface area contributed by atoms with Crippen molar-refractivity contribution in [1.29, 1.82) is 0 Å². The van der Waals surface area contributed by atoms with Gasteiger partial charge in [-0.05, 0) is 43.5 Å². The van der Waals surface area contributed by atoms with E-state index in [1.807, 2.05) is 43.0 Å². The predicted octanol–water partition coefficient (Wildman–Crippen LogP) is 3.75. The van der Waals surface area contributed by atoms with Crippen LogP contribution in [0.4, 0.5) is 0 Å². The predicted molar refractivity (Wildman–Crippen MR) is 122 cm³/mol. The molecule has 7 heteroatoms. The molecule has 1 aliphatic rings. The van der Waals surface area contributed by atoms with Crippen LogP contribution in [-0.4, -0.2) is 30.4 Å². The number of halogens is 1. The van der Waals surface area contributed by atoms with Crippen molar-refractivity contribution in [2.75, 3.05) is 13.6 Å². The molecule has 0 saturated heterocycles. The highest BCUT2D eigenvalue weighted by Gasteiger charge is 2.22. The van der Waals surface area contributed by atoms with Gasteiger partial charge in [-0.15, -0.1) is 24.0 Å². The number of nitrogens with one attached hydrogen (secondary N) is 2. The van der Waals surface area contributed by atoms with Crippen LogP contribution in [0.15, 0.2) is 45.8 Å². The molecule has 1 aromatic heterocycles. The maximum atomic E-state index is 12.4. The maximum Gasteiger partial charge on any atom is 0.223 e. The number of carbonyl (C=O) groups is 1. The number of rotatable bonds is 6. The number of carbonyl (C=O) groups excluding carboxylic acids is 1. The topological polar surface area (TPSA) is 69.9 Å². The Morgan fingerprint density at radius 3 is 2.46 bits per heavy atom. The van der Waals surface area contributed by atoms with E-state index in [2.05, 4.69) is 27.8 Å². The summed E-state index contributed by atoms with van der Waals surface area (Å²) in [6.07, 6.45) is 1.30. The summed E-state index contributed by atoms with van der Waals surface area (Å²) in [5, 5.41) is 6.57. The van der Waals surface area contributed by atoms with Gasteiger partial charge in [-0.2, -0.15) is 0 Å². The Kier molecular flexibility index (Phi) is 8.35. The zero-order valence-electron chi connectivity index (χ0n) is 16.7. The van der Waals surface area contributed by atoms with Crippen LogP contribution >= 0.6 is 24.0 Å². The minimum absolute atomic E-state index is 0. The molecule has 2 N–H and O–H groups in total. The number of furan rings is 1. The molecule has 3 rings (SSSR count). The number of benzene rings is 1. The molecule has 1 aliphatic heterocycles. The number of guanidine groups is 1. The van der Waals surface area contributed by atoms with E-state index in [1.54, 1.807) is 7.05 Å². The largest absolute Gasteiger partial charge is 0.464 e. The Labute approximate surface area is 183 Å². The lowest BCUT2D eigenvalue weighted by atomic mass is 10.1. The van der Waals surface area contributed by atoms with Crippen molar-refractivity contribution in [3.63, 3.8) is 0 Å². The van der Waals surface area contributed by atoms with Gasteiger partial charge in [0.25, 0.3) is 0 Å². The molecular weight excluding hydrogens is 467 g/mol. The summed E-state index contributed by atoms with van der Waals surface area (Å²) < 4.78 is 5.64. The minimum atomic E-state index is 0. The molecule has 0 saturated carbocycles. The first-order valence-electron chi connectivity index (χ1n) is 9.45. The van der Waals surface area contributed by atoms with Gasteiger partial charge in [-0.1, -0.05) is 24.3 Å². The summed E-state index contributed by atoms with van der Waals surface area (Å²) in [7, 11) is 1.74. The van der Waals surface area contributed by atoms with E-state index in [9.17, 15) is 4.79 Å². The molecule has 0 spiro atoms. The molecule has 0 fully saturated rings. The third kappa shape index (κ3) is 5.73. The molecule has 1 unspecified atom stereocenters. The number of aliphatic imine (C=N–C) groups is 1. The first-order valence-corrected chi connectivity index (χ1v) is 9.45. The summed E-state index contributed by atoms with van der Waals surface area (Å²) in [6, 6.07) is 12.2. The van der Waals surface area contributed by atoms with E-state index in [0.29, 0.717) is 18.9 Å². The van der Waals surface area contributed by atoms with Gasteiger partial charge < -0.3 is 20.0 Å². The van der Waals surface area contributed by atoms with E-state index in [0.717, 1.165) is 31.0 Å². The third-order valence-corrected chi connectivity index (χ3v) is 4.82. The van der Waals surface area contributed by atoms with Gasteiger partial charge in [0.05, 0.1) is 6.04 Å². The standard InChI is InChI=1S/C21H28N4O2.HI/c1-15-10-11-19(27-15)16(2)24-21(22-3)23-12-6-9-20(26)25-13-17-7-4-5-8-18(17)14-25;/h4-5,7-8,10-11,16H,6,9,12-14H2,1-3H3,(H2,22,23,24);1H. The quantitative estimate of drug-likeness (QED) is 0.277. The lowest BCUT2D eigenvalue weighted by Crippen LogP contribution is -2.39. The Morgan fingerprint density at radius 1 is 1.21 bits per heavy atom. The highest BCUT2D eigenvalue weighted by atomic mass is 127. The molecule has 1 atom stereocenters. The number of hydrogen-bond acceptors (Lipinski definition) is 3. The maximum absolute atomic E-state index is 12.4. The second-order valence-corrected chi connectivity index (χ2v) is 6.94. The summed E-state index contributed by atoms with van der Waals surface area (Å²) in [5.74, 6) is 2.68. The van der Waals surface area contributed by atoms with Gasteiger partial charge in [0.1, 0.15) is 11.5 Å². The summed E-state index contributed by atoms with van der Waals surface area (Å²) in [4.78, 5) is 18.6. The Morgan fingerprint density at radius 2 is 1.89 bits per heavy atom. The van der Waals surface area contributed by atoms with Crippen LogP contribution in [0.2, 0.25) is 0 Å². The number of amides is 1. The van der Waals surface area contributed by atoms with Gasteiger partial charge >= 0.3 is 0 Å². The molecule has 1 amide bonds. The van der Waals surface area contributed by atoms with E-state index in [4.69, 9.17) is 4.42 Å². The summed E-state index contributed by atoms with van der Waals surface area (Å²) >= 11 is 0. The van der Waals surface area contributed by atoms with Crippen molar-refractivity contribution >= 4 is 35.8 Å². The second-order valence-electron chi connectivity index (χ2n) is 6.94. The minimum Gasteiger partial charge on any atom is -0.464 e. The van der Waals surface area contributed by atoms with E-state index >= 15 is 0 Å². The van der Waals surface area contributed by atoms with Gasteiger partial charge in [0.2, 0.25) is 5.91 Å². The fraction of sp³-hybridized carbons (Fsp3) is 0.429. The van der Waals surface area contributed by atoms with E-state index in [-0.39, 0.29) is 35.9 Å². The van der Waals surface area contributed by atoms with Crippen molar-refractivity contribution in [3.05, 3.63) is 59.0 Å². The van der Waals surface area contributed by atoms with Crippen LogP contribution in [0.1, 0.15) is 48.5 Å². The van der Waals surface area contributed by atoms with Crippen LogP contribution in [-0.2, 0) is 17.9 Å². The highest BCUT2D eigenvalue weighted by molar-refractivity contribution is 14.0. The van der Waals surface area contributed by atoms with E-state index in [1.165, 1.54) is 11.1 Å². The van der Waals surface area contributed by atoms with Gasteiger partial charge in [0, 0.05) is 33.1 Å². The number of hydrogen-bond donors (Lipinski definition) is 2. The molecule has 1 aromatic carbocycles. The van der Waals surface area contributed by atoms with Gasteiger partial charge in [0.15, 0.2) is 5.96 Å². The molecule has 0 bridgehead atoms. The second kappa shape index (κ2) is 10.5. The number of nitrogens with zero attached hydrogens (tertiary/aromatic N) is 2. The van der Waals surface area contributed by atoms with Crippen LogP contribution in [0.3, 0.4) is 0 Å². The zero-order chi connectivity index (χ0) is 19.2. The highest BCUT2D eigenvalue weighted by Crippen LogP contribution is 2.22. The molecular formula is C21H29IN4O2. The molecule has 28 heavy (non-hydrogen) atoms. The molecule has 0 radical (unpaired) electrons. The first kappa shape index (κ1) is 22.3. The average Bonchev–Trinajstić information content (AvgIpc) is 3.30. The van der Waals surface area contributed by atoms with Crippen LogP contribution in [0.5, 0.6) is 0 Å². The van der Waals surface area contributed by atoms with Crippen LogP contribution in [0, 0.1) is 6.92 Å². The molecule has 152 valence electrons. The van der Waals surface area contributed by atoms with E-state index < -0.39 is 0 Å². The van der Waals surface area contributed by atoms with Crippen molar-refractivity contribution in [2.24, 2.45) is 4.99 Å². The number of aryl methyl sites for hydroxylation is 1. The Bertz CT molecular complexity index is 793. The lowest BCUT2D eigenvalue weighted by Gasteiger charge is -2.17. The average molecular weight is 496 g/mol. The summed E-state index contributed by atoms with van der Waals surface area (Å²) in [5.41, 5.74) is 2.52. The number of fused-ring (bicyclic) bond motifs is 1. The molecule has 2 aromatic rings. The summed E-state index contributed by atoms with van der Waals surface area (Å²) in [6.45, 7) is 6.10. The fourth-order valence-corrected chi connectivity index (χ4v) is 3.27. The lowest BCUT2D eigenvalue weighted by molar-refractivity contribution is -0.131. The van der Waals surface area contributed by atoms with Crippen molar-refractivity contribution in [1.82, 2.24) is 15.5 Å². The van der Waals surface area contributed by atoms with Crippen LogP contribution in [0.25, 0.3) is 0 Å². The fourth-order valence-electron chi connectivity index (χ4n) is 3.27. The zero-order valence-corrected chi connectivity index (χ0v) is 19.0. The SMILES string of the molecule is CN=C(NCCCC(=O)N1Cc2ccccc2C1)NC(C)c1ccc(C)o1.I. The van der Waals surface area contributed by atoms with Crippen molar-refractivity contribution in [2.45, 2.75) is 45.8 Å². The smallest absolute Gasteiger partial charge is 0.223 e. The van der Waals surface area contributed by atoms with Gasteiger partial charge in [-0.25, -0.2) is 0 Å². The Balaban J connectivity index is 0.00000280. The monoisotopic (exact) mass is 496 g/mol. The first-order chi connectivity index (χ1) is 13.1. The van der Waals surface area contributed by atoms with Gasteiger partial charge in [-0.3, -0.25) is 9.79 Å². The normalized spacial score (nSPS) is 14.2. The molecule has 2 heterocycles. The Hall–Kier alpha value is -2.03. The molecule has 0 aliphatic carbocycles. The van der Waals surface area contributed by atoms with Crippen molar-refractivity contribution < 1.29 is 9.21 Å².